The van der Waals surface area contributed by atoms with E-state index in [0.29, 0.717) is 30.8 Å². The van der Waals surface area contributed by atoms with Crippen LogP contribution in [0.3, 0.4) is 0 Å². The molecule has 0 heterocycles. The SMILES string of the molecule is CC.CCC(C)=N.CCOCc1cc(OCC2CC2)ccc1F.COC(C)C. The number of hydrogen-bond donors (Lipinski definition) is 1. The van der Waals surface area contributed by atoms with Crippen LogP contribution in [0.15, 0.2) is 18.2 Å². The third kappa shape index (κ3) is 17.9. The number of methoxy groups -OCH3 is 1. The Labute approximate surface area is 172 Å². The van der Waals surface area contributed by atoms with Crippen LogP contribution in [-0.4, -0.2) is 32.1 Å². The Morgan fingerprint density at radius 3 is 2.14 bits per heavy atom. The summed E-state index contributed by atoms with van der Waals surface area (Å²) in [5, 5.41) is 6.74. The third-order valence-electron chi connectivity index (χ3n) is 3.66. The molecule has 1 N–H and O–H groups in total. The van der Waals surface area contributed by atoms with Gasteiger partial charge >= 0.3 is 0 Å². The Kier molecular flexibility index (Phi) is 19.4. The summed E-state index contributed by atoms with van der Waals surface area (Å²) in [6, 6.07) is 4.84. The van der Waals surface area contributed by atoms with E-state index in [1.165, 1.54) is 18.9 Å². The van der Waals surface area contributed by atoms with Crippen molar-refractivity contribution in [3.63, 3.8) is 0 Å². The predicted molar refractivity (Wildman–Crippen MR) is 117 cm³/mol. The Hall–Kier alpha value is -1.46. The fourth-order valence-electron chi connectivity index (χ4n) is 1.46. The summed E-state index contributed by atoms with van der Waals surface area (Å²) in [4.78, 5) is 0. The molecule has 0 bridgehead atoms. The second kappa shape index (κ2) is 18.9. The quantitative estimate of drug-likeness (QED) is 0.498. The summed E-state index contributed by atoms with van der Waals surface area (Å²) in [6.07, 6.45) is 3.79. The van der Waals surface area contributed by atoms with E-state index < -0.39 is 0 Å². The highest BCUT2D eigenvalue weighted by molar-refractivity contribution is 5.78. The van der Waals surface area contributed by atoms with Crippen molar-refractivity contribution in [1.82, 2.24) is 0 Å². The molecule has 1 aliphatic rings. The van der Waals surface area contributed by atoms with Gasteiger partial charge in [0.05, 0.1) is 19.3 Å². The van der Waals surface area contributed by atoms with Crippen molar-refractivity contribution in [3.8, 4) is 5.75 Å². The van der Waals surface area contributed by atoms with E-state index in [1.807, 2.05) is 41.5 Å². The van der Waals surface area contributed by atoms with Gasteiger partial charge < -0.3 is 19.6 Å². The molecule has 1 aromatic rings. The van der Waals surface area contributed by atoms with Gasteiger partial charge in [0.25, 0.3) is 0 Å². The Bertz CT molecular complexity index is 503. The van der Waals surface area contributed by atoms with Gasteiger partial charge in [-0.25, -0.2) is 4.39 Å². The van der Waals surface area contributed by atoms with Gasteiger partial charge in [0.1, 0.15) is 11.6 Å². The van der Waals surface area contributed by atoms with E-state index >= 15 is 0 Å². The molecule has 5 heteroatoms. The average Bonchev–Trinajstić information content (AvgIpc) is 3.53. The first-order valence-corrected chi connectivity index (χ1v) is 10.4. The first-order valence-electron chi connectivity index (χ1n) is 10.4. The topological polar surface area (TPSA) is 51.5 Å². The number of nitrogens with one attached hydrogen (secondary N) is 1. The van der Waals surface area contributed by atoms with E-state index in [9.17, 15) is 4.39 Å². The zero-order chi connectivity index (χ0) is 21.9. The largest absolute Gasteiger partial charge is 0.493 e. The van der Waals surface area contributed by atoms with E-state index in [1.54, 1.807) is 26.2 Å². The molecule has 1 aromatic carbocycles. The van der Waals surface area contributed by atoms with Crippen molar-refractivity contribution >= 4 is 5.71 Å². The van der Waals surface area contributed by atoms with Crippen LogP contribution in [-0.2, 0) is 16.1 Å². The summed E-state index contributed by atoms with van der Waals surface area (Å²) in [5.74, 6) is 1.22. The number of rotatable bonds is 8. The van der Waals surface area contributed by atoms with Crippen molar-refractivity contribution in [1.29, 1.82) is 5.41 Å². The van der Waals surface area contributed by atoms with Gasteiger partial charge in [0, 0.05) is 25.0 Å². The molecule has 0 spiro atoms. The molecule has 0 unspecified atom stereocenters. The lowest BCUT2D eigenvalue weighted by Crippen LogP contribution is -2.01. The molecule has 164 valence electrons. The Morgan fingerprint density at radius 1 is 1.21 bits per heavy atom. The fourth-order valence-corrected chi connectivity index (χ4v) is 1.46. The molecule has 0 aliphatic heterocycles. The molecule has 0 saturated heterocycles. The van der Waals surface area contributed by atoms with Crippen LogP contribution in [0.5, 0.6) is 5.75 Å². The molecule has 1 fully saturated rings. The van der Waals surface area contributed by atoms with E-state index in [0.717, 1.165) is 24.5 Å². The second-order valence-corrected chi connectivity index (χ2v) is 6.56. The molecule has 1 saturated carbocycles. The van der Waals surface area contributed by atoms with Crippen molar-refractivity contribution in [2.45, 2.75) is 80.4 Å². The molecule has 1 aliphatic carbocycles. The van der Waals surface area contributed by atoms with Crippen LogP contribution < -0.4 is 4.74 Å². The zero-order valence-electron chi connectivity index (χ0n) is 19.2. The van der Waals surface area contributed by atoms with Gasteiger partial charge in [-0.1, -0.05) is 20.8 Å². The van der Waals surface area contributed by atoms with Gasteiger partial charge in [-0.05, 0) is 71.1 Å². The minimum absolute atomic E-state index is 0.229. The van der Waals surface area contributed by atoms with E-state index in [4.69, 9.17) is 19.6 Å². The maximum absolute atomic E-state index is 13.4. The van der Waals surface area contributed by atoms with Crippen molar-refractivity contribution in [2.75, 3.05) is 20.3 Å². The third-order valence-corrected chi connectivity index (χ3v) is 3.66. The molecule has 4 nitrogen and oxygen atoms in total. The lowest BCUT2D eigenvalue weighted by atomic mass is 10.2. The van der Waals surface area contributed by atoms with E-state index in [2.05, 4.69) is 0 Å². The van der Waals surface area contributed by atoms with Gasteiger partial charge in [-0.2, -0.15) is 0 Å². The van der Waals surface area contributed by atoms with Gasteiger partial charge in [-0.15, -0.1) is 0 Å². The van der Waals surface area contributed by atoms with Gasteiger partial charge in [-0.3, -0.25) is 0 Å². The number of ether oxygens (including phenoxy) is 3. The molecular formula is C23H42FNO3. The molecule has 0 radical (unpaired) electrons. The highest BCUT2D eigenvalue weighted by Gasteiger charge is 2.22. The summed E-state index contributed by atoms with van der Waals surface area (Å²) in [6.45, 7) is 15.3. The van der Waals surface area contributed by atoms with Gasteiger partial charge in [0.2, 0.25) is 0 Å². The van der Waals surface area contributed by atoms with E-state index in [-0.39, 0.29) is 5.82 Å². The van der Waals surface area contributed by atoms with Crippen molar-refractivity contribution in [3.05, 3.63) is 29.6 Å². The maximum atomic E-state index is 13.4. The summed E-state index contributed by atoms with van der Waals surface area (Å²) in [7, 11) is 1.70. The lowest BCUT2D eigenvalue weighted by Gasteiger charge is -2.08. The molecule has 2 rings (SSSR count). The van der Waals surface area contributed by atoms with Crippen LogP contribution in [0.1, 0.15) is 73.3 Å². The average molecular weight is 400 g/mol. The van der Waals surface area contributed by atoms with Crippen LogP contribution in [0, 0.1) is 17.1 Å². The van der Waals surface area contributed by atoms with Gasteiger partial charge in [0.15, 0.2) is 0 Å². The number of benzene rings is 1. The van der Waals surface area contributed by atoms with Crippen LogP contribution in [0.25, 0.3) is 0 Å². The van der Waals surface area contributed by atoms with Crippen molar-refractivity contribution in [2.24, 2.45) is 5.92 Å². The molecule has 0 atom stereocenters. The fraction of sp³-hybridized carbons (Fsp3) is 0.696. The highest BCUT2D eigenvalue weighted by atomic mass is 19.1. The predicted octanol–water partition coefficient (Wildman–Crippen LogP) is 6.65. The Balaban J connectivity index is 0. The normalized spacial score (nSPS) is 11.9. The number of halogens is 1. The first-order chi connectivity index (χ1) is 13.3. The molecule has 28 heavy (non-hydrogen) atoms. The summed E-state index contributed by atoms with van der Waals surface area (Å²) in [5.41, 5.74) is 1.32. The molecular weight excluding hydrogens is 357 g/mol. The molecule has 0 amide bonds. The standard InChI is InChI=1S/C13H17FO2.C4H9N.C4H10O.C2H6/c1-2-15-9-11-7-12(5-6-13(11)14)16-8-10-3-4-10;1-3-4(2)5;1-4(2)5-3;1-2/h5-7,10H,2-4,8-9H2,1H3;5H,3H2,1-2H3;4H,1-3H3;1-2H3. The van der Waals surface area contributed by atoms with Crippen LogP contribution in [0.2, 0.25) is 0 Å². The molecule has 0 aromatic heterocycles. The number of hydrogen-bond acceptors (Lipinski definition) is 4. The zero-order valence-corrected chi connectivity index (χ0v) is 19.2. The highest BCUT2D eigenvalue weighted by Crippen LogP contribution is 2.29. The summed E-state index contributed by atoms with van der Waals surface area (Å²) < 4.78 is 28.9. The lowest BCUT2D eigenvalue weighted by molar-refractivity contribution is 0.131. The maximum Gasteiger partial charge on any atom is 0.128 e. The minimum Gasteiger partial charge on any atom is -0.493 e. The monoisotopic (exact) mass is 399 g/mol. The van der Waals surface area contributed by atoms with Crippen LogP contribution in [0.4, 0.5) is 4.39 Å². The van der Waals surface area contributed by atoms with Crippen molar-refractivity contribution < 1.29 is 18.6 Å². The minimum atomic E-state index is -0.229. The smallest absolute Gasteiger partial charge is 0.128 e. The Morgan fingerprint density at radius 2 is 1.75 bits per heavy atom. The van der Waals surface area contributed by atoms with Crippen LogP contribution >= 0.6 is 0 Å². The second-order valence-electron chi connectivity index (χ2n) is 6.56. The summed E-state index contributed by atoms with van der Waals surface area (Å²) >= 11 is 0. The first kappa shape index (κ1) is 28.7.